The molecule has 174 valence electrons. The second kappa shape index (κ2) is 9.09. The fourth-order valence-electron chi connectivity index (χ4n) is 3.99. The molecule has 3 aromatic rings. The number of H-pyrrole nitrogens is 1. The molecule has 4 rings (SSSR count). The molecule has 33 heavy (non-hydrogen) atoms. The van der Waals surface area contributed by atoms with E-state index in [9.17, 15) is 18.0 Å². The Labute approximate surface area is 192 Å². The molecule has 8 nitrogen and oxygen atoms in total. The summed E-state index contributed by atoms with van der Waals surface area (Å²) in [5.74, 6) is -1.07. The van der Waals surface area contributed by atoms with Crippen molar-refractivity contribution < 1.29 is 27.5 Å². The third-order valence-electron chi connectivity index (χ3n) is 5.83. The van der Waals surface area contributed by atoms with E-state index in [0.29, 0.717) is 30.0 Å². The molecule has 0 radical (unpaired) electrons. The van der Waals surface area contributed by atoms with Crippen molar-refractivity contribution in [2.45, 2.75) is 31.8 Å². The van der Waals surface area contributed by atoms with Crippen LogP contribution in [0.4, 0.5) is 0 Å². The molecule has 0 amide bonds. The van der Waals surface area contributed by atoms with Crippen LogP contribution in [-0.4, -0.2) is 61.9 Å². The van der Waals surface area contributed by atoms with Gasteiger partial charge in [0.2, 0.25) is 15.8 Å². The van der Waals surface area contributed by atoms with Crippen LogP contribution in [0.25, 0.3) is 10.9 Å². The second-order valence-electron chi connectivity index (χ2n) is 8.08. The summed E-state index contributed by atoms with van der Waals surface area (Å²) >= 11 is 0. The van der Waals surface area contributed by atoms with Crippen LogP contribution < -0.4 is 0 Å². The van der Waals surface area contributed by atoms with Gasteiger partial charge in [-0.2, -0.15) is 4.31 Å². The minimum Gasteiger partial charge on any atom is -0.451 e. The normalized spacial score (nSPS) is 16.0. The van der Waals surface area contributed by atoms with Gasteiger partial charge in [0.1, 0.15) is 0 Å². The van der Waals surface area contributed by atoms with Gasteiger partial charge in [0.25, 0.3) is 0 Å². The number of sulfonamides is 1. The molecule has 1 atom stereocenters. The number of carbonyl (C=O) groups is 2. The van der Waals surface area contributed by atoms with Gasteiger partial charge in [0.15, 0.2) is 6.10 Å². The predicted octanol–water partition coefficient (Wildman–Crippen LogP) is 3.23. The van der Waals surface area contributed by atoms with Crippen LogP contribution in [0.5, 0.6) is 0 Å². The zero-order chi connectivity index (χ0) is 23.8. The number of morpholine rings is 1. The van der Waals surface area contributed by atoms with Gasteiger partial charge in [0.05, 0.1) is 23.7 Å². The first-order valence-corrected chi connectivity index (χ1v) is 12.1. The molecule has 1 aliphatic rings. The number of para-hydroxylation sites is 1. The minimum atomic E-state index is -3.77. The maximum absolute atomic E-state index is 13.1. The Morgan fingerprint density at radius 1 is 1.09 bits per heavy atom. The molecule has 1 N–H and O–H groups in total. The largest absolute Gasteiger partial charge is 0.451 e. The predicted molar refractivity (Wildman–Crippen MR) is 123 cm³/mol. The summed E-state index contributed by atoms with van der Waals surface area (Å²) in [5, 5.41) is 0.762. The standard InChI is InChI=1S/C24H26N2O6S/c1-15-8-9-18(33(29,30)26-10-12-31-13-11-26)14-20(15)24(28)32-17(3)23(27)22-16(2)25-21-7-5-4-6-19(21)22/h4-9,14,17,25H,10-13H2,1-3H3/t17-/m1/s1. The number of hydrogen-bond donors (Lipinski definition) is 1. The highest BCUT2D eigenvalue weighted by Crippen LogP contribution is 2.25. The second-order valence-corrected chi connectivity index (χ2v) is 10.0. The van der Waals surface area contributed by atoms with Crippen LogP contribution >= 0.6 is 0 Å². The van der Waals surface area contributed by atoms with Crippen molar-refractivity contribution >= 4 is 32.7 Å². The summed E-state index contributed by atoms with van der Waals surface area (Å²) < 4.78 is 38.0. The molecule has 1 fully saturated rings. The Bertz CT molecular complexity index is 1320. The van der Waals surface area contributed by atoms with Crippen LogP contribution in [0, 0.1) is 13.8 Å². The van der Waals surface area contributed by atoms with E-state index in [1.165, 1.54) is 23.4 Å². The molecule has 1 saturated heterocycles. The molecule has 2 aromatic carbocycles. The third kappa shape index (κ3) is 4.44. The third-order valence-corrected chi connectivity index (χ3v) is 7.72. The topological polar surface area (TPSA) is 106 Å². The molecule has 0 unspecified atom stereocenters. The molecule has 9 heteroatoms. The summed E-state index contributed by atoms with van der Waals surface area (Å²) in [6, 6.07) is 11.8. The lowest BCUT2D eigenvalue weighted by atomic mass is 10.0. The van der Waals surface area contributed by atoms with Crippen LogP contribution in [0.2, 0.25) is 0 Å². The van der Waals surface area contributed by atoms with Gasteiger partial charge in [-0.05, 0) is 44.5 Å². The Balaban J connectivity index is 1.57. The highest BCUT2D eigenvalue weighted by atomic mass is 32.2. The number of nitrogens with one attached hydrogen (secondary N) is 1. The van der Waals surface area contributed by atoms with E-state index in [0.717, 1.165) is 10.9 Å². The van der Waals surface area contributed by atoms with Crippen LogP contribution in [0.3, 0.4) is 0 Å². The minimum absolute atomic E-state index is 0.00778. The molecule has 0 saturated carbocycles. The molecule has 1 aliphatic heterocycles. The van der Waals surface area contributed by atoms with Crippen molar-refractivity contribution in [2.75, 3.05) is 26.3 Å². The molecular formula is C24H26N2O6S. The number of rotatable bonds is 6. The lowest BCUT2D eigenvalue weighted by Crippen LogP contribution is -2.40. The Hall–Kier alpha value is -3.01. The number of aryl methyl sites for hydroxylation is 2. The molecule has 0 aliphatic carbocycles. The van der Waals surface area contributed by atoms with Gasteiger partial charge in [-0.15, -0.1) is 0 Å². The van der Waals surface area contributed by atoms with Gasteiger partial charge >= 0.3 is 5.97 Å². The smallest absolute Gasteiger partial charge is 0.339 e. The maximum atomic E-state index is 13.1. The summed E-state index contributed by atoms with van der Waals surface area (Å²) in [7, 11) is -3.77. The number of carbonyl (C=O) groups excluding carboxylic acids is 2. The number of aromatic amines is 1. The summed E-state index contributed by atoms with van der Waals surface area (Å²) in [5.41, 5.74) is 2.67. The van der Waals surface area contributed by atoms with E-state index in [1.807, 2.05) is 24.3 Å². The van der Waals surface area contributed by atoms with E-state index in [4.69, 9.17) is 9.47 Å². The Morgan fingerprint density at radius 2 is 1.79 bits per heavy atom. The van der Waals surface area contributed by atoms with Crippen molar-refractivity contribution in [3.63, 3.8) is 0 Å². The van der Waals surface area contributed by atoms with Crippen LogP contribution in [0.15, 0.2) is 47.4 Å². The zero-order valence-corrected chi connectivity index (χ0v) is 19.6. The Morgan fingerprint density at radius 3 is 2.52 bits per heavy atom. The molecular weight excluding hydrogens is 444 g/mol. The monoisotopic (exact) mass is 470 g/mol. The van der Waals surface area contributed by atoms with Crippen molar-refractivity contribution in [1.29, 1.82) is 0 Å². The van der Waals surface area contributed by atoms with E-state index in [2.05, 4.69) is 4.98 Å². The summed E-state index contributed by atoms with van der Waals surface area (Å²) in [4.78, 5) is 29.2. The molecule has 2 heterocycles. The van der Waals surface area contributed by atoms with Gasteiger partial charge in [-0.3, -0.25) is 4.79 Å². The van der Waals surface area contributed by atoms with Crippen LogP contribution in [0.1, 0.15) is 38.9 Å². The van der Waals surface area contributed by atoms with E-state index >= 15 is 0 Å². The van der Waals surface area contributed by atoms with E-state index in [-0.39, 0.29) is 29.3 Å². The number of benzene rings is 2. The van der Waals surface area contributed by atoms with Crippen molar-refractivity contribution in [3.8, 4) is 0 Å². The zero-order valence-electron chi connectivity index (χ0n) is 18.8. The van der Waals surface area contributed by atoms with Crippen molar-refractivity contribution in [2.24, 2.45) is 0 Å². The highest BCUT2D eigenvalue weighted by molar-refractivity contribution is 7.89. The van der Waals surface area contributed by atoms with Gasteiger partial charge in [0, 0.05) is 35.2 Å². The summed E-state index contributed by atoms with van der Waals surface area (Å²) in [6.45, 7) is 6.17. The lowest BCUT2D eigenvalue weighted by molar-refractivity contribution is 0.0318. The number of ether oxygens (including phenoxy) is 2. The van der Waals surface area contributed by atoms with Crippen molar-refractivity contribution in [3.05, 3.63) is 64.8 Å². The fraction of sp³-hybridized carbons (Fsp3) is 0.333. The number of Topliss-reactive ketones (excluding diaryl/α,β-unsaturated/α-hetero) is 1. The number of ketones is 1. The maximum Gasteiger partial charge on any atom is 0.339 e. The SMILES string of the molecule is Cc1ccc(S(=O)(=O)N2CCOCC2)cc1C(=O)O[C@H](C)C(=O)c1c(C)[nH]c2ccccc12. The average molecular weight is 471 g/mol. The van der Waals surface area contributed by atoms with Gasteiger partial charge < -0.3 is 14.5 Å². The number of esters is 1. The summed E-state index contributed by atoms with van der Waals surface area (Å²) in [6.07, 6.45) is -1.05. The lowest BCUT2D eigenvalue weighted by Gasteiger charge is -2.26. The number of fused-ring (bicyclic) bond motifs is 1. The first kappa shape index (κ1) is 23.2. The number of hydrogen-bond acceptors (Lipinski definition) is 6. The average Bonchev–Trinajstić information content (AvgIpc) is 3.14. The van der Waals surface area contributed by atoms with E-state index in [1.54, 1.807) is 19.9 Å². The first-order chi connectivity index (χ1) is 15.7. The van der Waals surface area contributed by atoms with Gasteiger partial charge in [-0.1, -0.05) is 24.3 Å². The first-order valence-electron chi connectivity index (χ1n) is 10.7. The van der Waals surface area contributed by atoms with E-state index < -0.39 is 22.1 Å². The van der Waals surface area contributed by atoms with Crippen molar-refractivity contribution in [1.82, 2.24) is 9.29 Å². The molecule has 0 spiro atoms. The fourth-order valence-corrected chi connectivity index (χ4v) is 5.43. The molecule has 0 bridgehead atoms. The van der Waals surface area contributed by atoms with Crippen LogP contribution in [-0.2, 0) is 19.5 Å². The Kier molecular flexibility index (Phi) is 6.38. The number of aromatic nitrogens is 1. The quantitative estimate of drug-likeness (QED) is 0.438. The van der Waals surface area contributed by atoms with Gasteiger partial charge in [-0.25, -0.2) is 13.2 Å². The molecule has 1 aromatic heterocycles. The number of nitrogens with zero attached hydrogens (tertiary/aromatic N) is 1. The highest BCUT2D eigenvalue weighted by Gasteiger charge is 2.29.